The van der Waals surface area contributed by atoms with E-state index in [0.717, 1.165) is 0 Å². The van der Waals surface area contributed by atoms with E-state index in [1.165, 1.54) is 0 Å². The van der Waals surface area contributed by atoms with Crippen LogP contribution in [0.2, 0.25) is 5.02 Å². The van der Waals surface area contributed by atoms with Gasteiger partial charge in [-0.15, -0.1) is 0 Å². The molecule has 0 bridgehead atoms. The lowest BCUT2D eigenvalue weighted by molar-refractivity contribution is -0.137. The fourth-order valence-corrected chi connectivity index (χ4v) is 1.57. The minimum Gasteiger partial charge on any atom is -0.396 e. The molecule has 1 atom stereocenters. The van der Waals surface area contributed by atoms with Crippen molar-refractivity contribution in [3.05, 3.63) is 34.1 Å². The molecule has 2 nitrogen and oxygen atoms in total. The standard InChI is InChI=1S/C10H10ClF4NO/c11-7-4-5(10(13,14)15)3-6(9(7)12)8(16)1-2-17/h3-4,8,17H,1-2,16H2/t8-/m1/s1. The first kappa shape index (κ1) is 14.2. The van der Waals surface area contributed by atoms with Crippen molar-refractivity contribution in [2.75, 3.05) is 6.61 Å². The molecule has 0 heterocycles. The van der Waals surface area contributed by atoms with Gasteiger partial charge in [-0.3, -0.25) is 0 Å². The van der Waals surface area contributed by atoms with Crippen LogP contribution in [-0.4, -0.2) is 11.7 Å². The van der Waals surface area contributed by atoms with Crippen LogP contribution < -0.4 is 5.73 Å². The number of benzene rings is 1. The van der Waals surface area contributed by atoms with E-state index in [1.807, 2.05) is 0 Å². The summed E-state index contributed by atoms with van der Waals surface area (Å²) < 4.78 is 50.9. The Morgan fingerprint density at radius 3 is 2.41 bits per heavy atom. The summed E-state index contributed by atoms with van der Waals surface area (Å²) in [5, 5.41) is 7.99. The fourth-order valence-electron chi connectivity index (χ4n) is 1.34. The van der Waals surface area contributed by atoms with Crippen molar-refractivity contribution < 1.29 is 22.7 Å². The third kappa shape index (κ3) is 3.31. The van der Waals surface area contributed by atoms with Crippen LogP contribution in [0.15, 0.2) is 12.1 Å². The van der Waals surface area contributed by atoms with Crippen LogP contribution >= 0.6 is 11.6 Å². The topological polar surface area (TPSA) is 46.2 Å². The summed E-state index contributed by atoms with van der Waals surface area (Å²) in [5.74, 6) is -0.986. The minimum atomic E-state index is -4.62. The molecule has 1 rings (SSSR count). The van der Waals surface area contributed by atoms with Gasteiger partial charge >= 0.3 is 6.18 Å². The van der Waals surface area contributed by atoms with E-state index in [0.29, 0.717) is 12.1 Å². The lowest BCUT2D eigenvalue weighted by Gasteiger charge is -2.15. The second kappa shape index (κ2) is 5.20. The fraction of sp³-hybridized carbons (Fsp3) is 0.400. The number of hydrogen-bond donors (Lipinski definition) is 2. The second-order valence-electron chi connectivity index (χ2n) is 3.48. The zero-order valence-corrected chi connectivity index (χ0v) is 9.32. The first-order chi connectivity index (χ1) is 7.77. The molecule has 0 fully saturated rings. The minimum absolute atomic E-state index is 0.0471. The highest BCUT2D eigenvalue weighted by molar-refractivity contribution is 6.30. The summed E-state index contributed by atoms with van der Waals surface area (Å²) in [6, 6.07) is 0.0907. The molecule has 0 saturated heterocycles. The highest BCUT2D eigenvalue weighted by Crippen LogP contribution is 2.35. The van der Waals surface area contributed by atoms with Crippen molar-refractivity contribution in [2.45, 2.75) is 18.6 Å². The average Bonchev–Trinajstić information content (AvgIpc) is 2.20. The van der Waals surface area contributed by atoms with Crippen molar-refractivity contribution in [1.82, 2.24) is 0 Å². The van der Waals surface area contributed by atoms with Gasteiger partial charge in [0.15, 0.2) is 0 Å². The molecule has 17 heavy (non-hydrogen) atoms. The van der Waals surface area contributed by atoms with Gasteiger partial charge in [0, 0.05) is 18.2 Å². The number of hydrogen-bond acceptors (Lipinski definition) is 2. The van der Waals surface area contributed by atoms with Gasteiger partial charge in [-0.1, -0.05) is 11.6 Å². The summed E-state index contributed by atoms with van der Waals surface area (Å²) in [6.45, 7) is -0.353. The molecule has 0 unspecified atom stereocenters. The third-order valence-electron chi connectivity index (χ3n) is 2.22. The molecule has 0 aliphatic heterocycles. The molecule has 0 amide bonds. The van der Waals surface area contributed by atoms with Crippen molar-refractivity contribution in [3.8, 4) is 0 Å². The Bertz CT molecular complexity index is 408. The molecule has 1 aromatic carbocycles. The summed E-state index contributed by atoms with van der Waals surface area (Å²) in [6.07, 6.45) is -4.67. The van der Waals surface area contributed by atoms with Gasteiger partial charge in [0.05, 0.1) is 10.6 Å². The predicted octanol–water partition coefficient (Wildman–Crippen LogP) is 2.88. The number of aliphatic hydroxyl groups excluding tert-OH is 1. The zero-order valence-electron chi connectivity index (χ0n) is 8.56. The van der Waals surface area contributed by atoms with Gasteiger partial charge < -0.3 is 10.8 Å². The van der Waals surface area contributed by atoms with Crippen LogP contribution in [-0.2, 0) is 6.18 Å². The number of nitrogens with two attached hydrogens (primary N) is 1. The normalized spacial score (nSPS) is 13.8. The SMILES string of the molecule is N[C@H](CCO)c1cc(C(F)(F)F)cc(Cl)c1F. The van der Waals surface area contributed by atoms with Crippen LogP contribution in [0.3, 0.4) is 0 Å². The van der Waals surface area contributed by atoms with E-state index in [2.05, 4.69) is 0 Å². The first-order valence-electron chi connectivity index (χ1n) is 4.70. The van der Waals surface area contributed by atoms with E-state index in [-0.39, 0.29) is 18.6 Å². The Kier molecular flexibility index (Phi) is 4.35. The maximum atomic E-state index is 13.5. The van der Waals surface area contributed by atoms with Crippen LogP contribution in [0.25, 0.3) is 0 Å². The van der Waals surface area contributed by atoms with Crippen LogP contribution in [0.4, 0.5) is 17.6 Å². The van der Waals surface area contributed by atoms with Gasteiger partial charge in [-0.25, -0.2) is 4.39 Å². The van der Waals surface area contributed by atoms with E-state index in [1.54, 1.807) is 0 Å². The Morgan fingerprint density at radius 2 is 1.94 bits per heavy atom. The largest absolute Gasteiger partial charge is 0.416 e. The van der Waals surface area contributed by atoms with Crippen LogP contribution in [0, 0.1) is 5.82 Å². The molecule has 3 N–H and O–H groups in total. The molecular formula is C10H10ClF4NO. The van der Waals surface area contributed by atoms with E-state index >= 15 is 0 Å². The highest BCUT2D eigenvalue weighted by atomic mass is 35.5. The Balaban J connectivity index is 3.25. The van der Waals surface area contributed by atoms with Crippen molar-refractivity contribution in [3.63, 3.8) is 0 Å². The lowest BCUT2D eigenvalue weighted by atomic mass is 10.0. The predicted molar refractivity (Wildman–Crippen MR) is 55.0 cm³/mol. The molecule has 0 spiro atoms. The van der Waals surface area contributed by atoms with Gasteiger partial charge in [-0.05, 0) is 18.6 Å². The summed E-state index contributed by atoms with van der Waals surface area (Å²) in [5.41, 5.74) is 4.05. The Hall–Kier alpha value is -0.850. The van der Waals surface area contributed by atoms with Crippen molar-refractivity contribution >= 4 is 11.6 Å². The molecule has 0 saturated carbocycles. The average molecular weight is 272 g/mol. The molecular weight excluding hydrogens is 262 g/mol. The monoisotopic (exact) mass is 271 g/mol. The highest BCUT2D eigenvalue weighted by Gasteiger charge is 2.32. The lowest BCUT2D eigenvalue weighted by Crippen LogP contribution is -2.16. The van der Waals surface area contributed by atoms with Crippen molar-refractivity contribution in [2.24, 2.45) is 5.73 Å². The molecule has 7 heteroatoms. The number of halogens is 5. The van der Waals surface area contributed by atoms with E-state index in [4.69, 9.17) is 22.4 Å². The van der Waals surface area contributed by atoms with Gasteiger partial charge in [0.2, 0.25) is 0 Å². The van der Waals surface area contributed by atoms with Gasteiger partial charge in [0.25, 0.3) is 0 Å². The zero-order chi connectivity index (χ0) is 13.2. The molecule has 0 aromatic heterocycles. The van der Waals surface area contributed by atoms with E-state index < -0.39 is 28.6 Å². The van der Waals surface area contributed by atoms with E-state index in [9.17, 15) is 17.6 Å². The maximum absolute atomic E-state index is 13.5. The number of aliphatic hydroxyl groups is 1. The van der Waals surface area contributed by atoms with Crippen LogP contribution in [0.1, 0.15) is 23.6 Å². The number of alkyl halides is 3. The Morgan fingerprint density at radius 1 is 1.35 bits per heavy atom. The summed E-state index contributed by atoms with van der Waals surface area (Å²) in [4.78, 5) is 0. The van der Waals surface area contributed by atoms with Crippen molar-refractivity contribution in [1.29, 1.82) is 0 Å². The Labute approximate surface area is 100.0 Å². The summed E-state index contributed by atoms with van der Waals surface area (Å²) in [7, 11) is 0. The first-order valence-corrected chi connectivity index (χ1v) is 5.07. The molecule has 0 aliphatic rings. The third-order valence-corrected chi connectivity index (χ3v) is 2.50. The number of rotatable bonds is 3. The smallest absolute Gasteiger partial charge is 0.396 e. The summed E-state index contributed by atoms with van der Waals surface area (Å²) >= 11 is 5.38. The quantitative estimate of drug-likeness (QED) is 0.831. The van der Waals surface area contributed by atoms with Gasteiger partial charge in [0.1, 0.15) is 5.82 Å². The van der Waals surface area contributed by atoms with Crippen LogP contribution in [0.5, 0.6) is 0 Å². The molecule has 1 aromatic rings. The maximum Gasteiger partial charge on any atom is 0.416 e. The molecule has 96 valence electrons. The second-order valence-corrected chi connectivity index (χ2v) is 3.89. The molecule has 0 aliphatic carbocycles. The molecule has 0 radical (unpaired) electrons. The van der Waals surface area contributed by atoms with Gasteiger partial charge in [-0.2, -0.15) is 13.2 Å².